The molecule has 0 heterocycles. The predicted molar refractivity (Wildman–Crippen MR) is 51.1 cm³/mol. The summed E-state index contributed by atoms with van der Waals surface area (Å²) in [6.45, 7) is 0. The minimum absolute atomic E-state index is 0.634. The SMILES string of the molecule is O=S(=O)(Cl)c1ccccc1OC(F)(F)C(F)(F)F. The normalized spacial score (nSPS) is 13.4. The fourth-order valence-corrected chi connectivity index (χ4v) is 1.91. The van der Waals surface area contributed by atoms with Crippen molar-refractivity contribution in [3.63, 3.8) is 0 Å². The summed E-state index contributed by atoms with van der Waals surface area (Å²) in [5.41, 5.74) is 0. The molecule has 0 bridgehead atoms. The Morgan fingerprint density at radius 1 is 1.06 bits per heavy atom. The maximum Gasteiger partial charge on any atom is 0.499 e. The van der Waals surface area contributed by atoms with E-state index < -0.39 is 32.0 Å². The van der Waals surface area contributed by atoms with E-state index >= 15 is 0 Å². The lowest BCUT2D eigenvalue weighted by atomic mass is 10.3. The molecular weight excluding hydrogens is 307 g/mol. The lowest BCUT2D eigenvalue weighted by Gasteiger charge is -2.21. The molecule has 0 aromatic heterocycles. The van der Waals surface area contributed by atoms with Gasteiger partial charge in [0.15, 0.2) is 0 Å². The zero-order valence-corrected chi connectivity index (χ0v) is 9.78. The van der Waals surface area contributed by atoms with E-state index in [4.69, 9.17) is 10.7 Å². The topological polar surface area (TPSA) is 43.4 Å². The molecule has 0 aliphatic carbocycles. The maximum absolute atomic E-state index is 12.6. The van der Waals surface area contributed by atoms with Crippen molar-refractivity contribution in [1.82, 2.24) is 0 Å². The first kappa shape index (κ1) is 15.0. The van der Waals surface area contributed by atoms with Crippen LogP contribution in [0.1, 0.15) is 0 Å². The first-order chi connectivity index (χ1) is 7.95. The highest BCUT2D eigenvalue weighted by Gasteiger charge is 2.61. The molecule has 0 unspecified atom stereocenters. The summed E-state index contributed by atoms with van der Waals surface area (Å²) in [6, 6.07) is 3.49. The van der Waals surface area contributed by atoms with Crippen molar-refractivity contribution < 1.29 is 35.1 Å². The lowest BCUT2D eigenvalue weighted by Crippen LogP contribution is -2.42. The van der Waals surface area contributed by atoms with Gasteiger partial charge in [-0.25, -0.2) is 8.42 Å². The summed E-state index contributed by atoms with van der Waals surface area (Å²) in [6.07, 6.45) is -11.5. The number of ether oxygens (including phenoxy) is 1. The van der Waals surface area contributed by atoms with Gasteiger partial charge in [0.2, 0.25) is 0 Å². The summed E-state index contributed by atoms with van der Waals surface area (Å²) in [4.78, 5) is -0.976. The van der Waals surface area contributed by atoms with E-state index in [0.717, 1.165) is 18.2 Å². The second-order valence-electron chi connectivity index (χ2n) is 3.00. The number of para-hydroxylation sites is 1. The summed E-state index contributed by atoms with van der Waals surface area (Å²) < 4.78 is 86.2. The van der Waals surface area contributed by atoms with E-state index in [9.17, 15) is 30.4 Å². The number of alkyl halides is 5. The molecule has 1 aromatic carbocycles. The molecule has 1 rings (SSSR count). The van der Waals surface area contributed by atoms with Gasteiger partial charge in [0.1, 0.15) is 10.6 Å². The average molecular weight is 311 g/mol. The number of hydrogen-bond donors (Lipinski definition) is 0. The third-order valence-corrected chi connectivity index (χ3v) is 3.04. The molecule has 0 saturated heterocycles. The first-order valence-electron chi connectivity index (χ1n) is 4.12. The molecular formula is C8H4ClF5O3S. The fraction of sp³-hybridized carbons (Fsp3) is 0.250. The Bertz CT molecular complexity index is 540. The van der Waals surface area contributed by atoms with Crippen molar-refractivity contribution in [1.29, 1.82) is 0 Å². The standard InChI is InChI=1S/C8H4ClF5O3S/c9-18(15,16)6-4-2-1-3-5(6)17-8(13,14)7(10,11)12/h1-4H. The molecule has 0 radical (unpaired) electrons. The fourth-order valence-electron chi connectivity index (χ4n) is 0.932. The Labute approximate surface area is 103 Å². The summed E-state index contributed by atoms with van der Waals surface area (Å²) >= 11 is 0. The third kappa shape index (κ3) is 3.22. The Morgan fingerprint density at radius 3 is 2.00 bits per heavy atom. The smallest absolute Gasteiger partial charge is 0.424 e. The van der Waals surface area contributed by atoms with E-state index in [1.54, 1.807) is 0 Å². The van der Waals surface area contributed by atoms with Gasteiger partial charge in [-0.1, -0.05) is 12.1 Å². The first-order valence-corrected chi connectivity index (χ1v) is 6.43. The van der Waals surface area contributed by atoms with Gasteiger partial charge in [-0.15, -0.1) is 0 Å². The zero-order valence-electron chi connectivity index (χ0n) is 8.21. The van der Waals surface area contributed by atoms with Gasteiger partial charge in [0.25, 0.3) is 9.05 Å². The molecule has 102 valence electrons. The van der Waals surface area contributed by atoms with Crippen LogP contribution in [0.15, 0.2) is 29.2 Å². The minimum Gasteiger partial charge on any atom is -0.424 e. The highest BCUT2D eigenvalue weighted by Crippen LogP contribution is 2.39. The lowest BCUT2D eigenvalue weighted by molar-refractivity contribution is -0.361. The zero-order chi connectivity index (χ0) is 14.2. The third-order valence-electron chi connectivity index (χ3n) is 1.68. The summed E-state index contributed by atoms with van der Waals surface area (Å²) in [5, 5.41) is 0. The predicted octanol–water partition coefficient (Wildman–Crippen LogP) is 3.15. The molecule has 1 aromatic rings. The Morgan fingerprint density at radius 2 is 1.56 bits per heavy atom. The van der Waals surface area contributed by atoms with Gasteiger partial charge >= 0.3 is 12.3 Å². The van der Waals surface area contributed by atoms with Gasteiger partial charge < -0.3 is 4.74 Å². The van der Waals surface area contributed by atoms with Crippen molar-refractivity contribution >= 4 is 19.7 Å². The molecule has 0 saturated carbocycles. The highest BCUT2D eigenvalue weighted by atomic mass is 35.7. The number of hydrogen-bond acceptors (Lipinski definition) is 3. The van der Waals surface area contributed by atoms with Gasteiger partial charge in [0.05, 0.1) is 0 Å². The van der Waals surface area contributed by atoms with E-state index in [0.29, 0.717) is 6.07 Å². The van der Waals surface area contributed by atoms with Gasteiger partial charge in [-0.3, -0.25) is 0 Å². The second kappa shape index (κ2) is 4.54. The molecule has 0 atom stereocenters. The molecule has 0 aliphatic rings. The van der Waals surface area contributed by atoms with Crippen LogP contribution in [-0.2, 0) is 9.05 Å². The molecule has 3 nitrogen and oxygen atoms in total. The van der Waals surface area contributed by atoms with Crippen molar-refractivity contribution in [3.8, 4) is 5.75 Å². The van der Waals surface area contributed by atoms with Crippen LogP contribution in [0.25, 0.3) is 0 Å². The van der Waals surface area contributed by atoms with Crippen LogP contribution in [0, 0.1) is 0 Å². The minimum atomic E-state index is -5.98. The molecule has 0 spiro atoms. The number of halogens is 6. The van der Waals surface area contributed by atoms with Crippen molar-refractivity contribution in [2.24, 2.45) is 0 Å². The van der Waals surface area contributed by atoms with Crippen LogP contribution in [0.5, 0.6) is 5.75 Å². The average Bonchev–Trinajstić information content (AvgIpc) is 2.14. The molecule has 0 aliphatic heterocycles. The van der Waals surface area contributed by atoms with E-state index in [2.05, 4.69) is 4.74 Å². The van der Waals surface area contributed by atoms with Gasteiger partial charge in [0, 0.05) is 10.7 Å². The molecule has 0 fully saturated rings. The summed E-state index contributed by atoms with van der Waals surface area (Å²) in [7, 11) is 0.368. The van der Waals surface area contributed by atoms with Crippen LogP contribution < -0.4 is 4.74 Å². The van der Waals surface area contributed by atoms with E-state index in [1.807, 2.05) is 0 Å². The number of rotatable bonds is 3. The molecule has 18 heavy (non-hydrogen) atoms. The Kier molecular flexibility index (Phi) is 3.78. The van der Waals surface area contributed by atoms with E-state index in [-0.39, 0.29) is 0 Å². The largest absolute Gasteiger partial charge is 0.499 e. The number of benzene rings is 1. The monoisotopic (exact) mass is 310 g/mol. The van der Waals surface area contributed by atoms with Crippen LogP contribution >= 0.6 is 10.7 Å². The van der Waals surface area contributed by atoms with Crippen molar-refractivity contribution in [2.45, 2.75) is 17.2 Å². The Balaban J connectivity index is 3.22. The molecule has 10 heteroatoms. The molecule has 0 N–H and O–H groups in total. The van der Waals surface area contributed by atoms with Crippen molar-refractivity contribution in [2.75, 3.05) is 0 Å². The van der Waals surface area contributed by atoms with Crippen LogP contribution in [-0.4, -0.2) is 20.7 Å². The summed E-state index contributed by atoms with van der Waals surface area (Å²) in [5.74, 6) is -1.19. The van der Waals surface area contributed by atoms with Gasteiger partial charge in [-0.05, 0) is 12.1 Å². The Hall–Kier alpha value is -1.09. The second-order valence-corrected chi connectivity index (χ2v) is 5.54. The molecule has 0 amide bonds. The quantitative estimate of drug-likeness (QED) is 0.636. The van der Waals surface area contributed by atoms with Crippen molar-refractivity contribution in [3.05, 3.63) is 24.3 Å². The van der Waals surface area contributed by atoms with Crippen LogP contribution in [0.2, 0.25) is 0 Å². The van der Waals surface area contributed by atoms with Crippen LogP contribution in [0.4, 0.5) is 22.0 Å². The van der Waals surface area contributed by atoms with Gasteiger partial charge in [-0.2, -0.15) is 22.0 Å². The highest BCUT2D eigenvalue weighted by molar-refractivity contribution is 8.13. The van der Waals surface area contributed by atoms with E-state index in [1.165, 1.54) is 0 Å². The van der Waals surface area contributed by atoms with Crippen LogP contribution in [0.3, 0.4) is 0 Å². The maximum atomic E-state index is 12.6.